The van der Waals surface area contributed by atoms with Crippen LogP contribution in [0.15, 0.2) is 64.1 Å². The van der Waals surface area contributed by atoms with Crippen molar-refractivity contribution in [1.29, 1.82) is 0 Å². The van der Waals surface area contributed by atoms with Gasteiger partial charge in [0.25, 0.3) is 11.5 Å². The van der Waals surface area contributed by atoms with Gasteiger partial charge in [-0.2, -0.15) is 5.10 Å². The highest BCUT2D eigenvalue weighted by Gasteiger charge is 2.25. The summed E-state index contributed by atoms with van der Waals surface area (Å²) in [6, 6.07) is 13.3. The molecular weight excluding hydrogens is 446 g/mol. The minimum atomic E-state index is -0.225. The normalized spacial score (nSPS) is 14.0. The molecule has 182 valence electrons. The van der Waals surface area contributed by atoms with Gasteiger partial charge < -0.3 is 19.0 Å². The van der Waals surface area contributed by atoms with Crippen molar-refractivity contribution < 1.29 is 13.9 Å². The number of furan rings is 1. The maximum absolute atomic E-state index is 13.2. The lowest BCUT2D eigenvalue weighted by Crippen LogP contribution is -2.32. The molecule has 0 saturated carbocycles. The van der Waals surface area contributed by atoms with Crippen LogP contribution in [0.25, 0.3) is 11.0 Å². The topological polar surface area (TPSA) is 94.5 Å². The number of fused-ring (bicyclic) bond motifs is 2. The zero-order valence-electron chi connectivity index (χ0n) is 19.8. The number of nitrogens with one attached hydrogen (secondary N) is 1. The van der Waals surface area contributed by atoms with E-state index in [4.69, 9.17) is 9.15 Å². The standard InChI is InChI=1S/C26H29N5O4/c1-34-23-17-24(32)31-15-14-29(18-20-16-19-6-2-3-7-22(19)35-20)13-8-21(31)25(23)26(33)27-9-4-11-30-12-5-10-28-30/h2-3,5-7,10,12,16-17H,4,8-9,11,13-15,18H2,1H3,(H,27,33). The van der Waals surface area contributed by atoms with E-state index < -0.39 is 0 Å². The number of carbonyl (C=O) groups is 1. The molecule has 0 aliphatic carbocycles. The van der Waals surface area contributed by atoms with E-state index in [0.29, 0.717) is 62.7 Å². The summed E-state index contributed by atoms with van der Waals surface area (Å²) in [6.07, 6.45) is 4.93. The first-order valence-electron chi connectivity index (χ1n) is 11.9. The van der Waals surface area contributed by atoms with Crippen LogP contribution < -0.4 is 15.6 Å². The van der Waals surface area contributed by atoms with Crippen LogP contribution in [0.2, 0.25) is 0 Å². The Balaban J connectivity index is 1.30. The highest BCUT2D eigenvalue weighted by Crippen LogP contribution is 2.24. The lowest BCUT2D eigenvalue weighted by molar-refractivity contribution is 0.0947. The van der Waals surface area contributed by atoms with Gasteiger partial charge in [-0.15, -0.1) is 0 Å². The van der Waals surface area contributed by atoms with E-state index in [1.54, 1.807) is 10.8 Å². The van der Waals surface area contributed by atoms with E-state index in [-0.39, 0.29) is 11.5 Å². The molecule has 0 spiro atoms. The average molecular weight is 476 g/mol. The average Bonchev–Trinajstić information content (AvgIpc) is 3.48. The summed E-state index contributed by atoms with van der Waals surface area (Å²) in [5.74, 6) is 0.977. The van der Waals surface area contributed by atoms with E-state index >= 15 is 0 Å². The van der Waals surface area contributed by atoms with Gasteiger partial charge >= 0.3 is 0 Å². The summed E-state index contributed by atoms with van der Waals surface area (Å²) in [6.45, 7) is 3.73. The van der Waals surface area contributed by atoms with Gasteiger partial charge in [0.2, 0.25) is 0 Å². The summed E-state index contributed by atoms with van der Waals surface area (Å²) in [4.78, 5) is 28.3. The maximum atomic E-state index is 13.2. The number of ether oxygens (including phenoxy) is 1. The number of para-hydroxylation sites is 1. The minimum absolute atomic E-state index is 0.155. The lowest BCUT2D eigenvalue weighted by Gasteiger charge is -2.17. The quantitative estimate of drug-likeness (QED) is 0.394. The van der Waals surface area contributed by atoms with Crippen molar-refractivity contribution in [2.45, 2.75) is 32.5 Å². The Bertz CT molecular complexity index is 1340. The van der Waals surface area contributed by atoms with Crippen molar-refractivity contribution in [3.8, 4) is 5.75 Å². The van der Waals surface area contributed by atoms with Gasteiger partial charge in [-0.25, -0.2) is 0 Å². The van der Waals surface area contributed by atoms with Crippen LogP contribution in [0.3, 0.4) is 0 Å². The SMILES string of the molecule is COc1cc(=O)n2c(c1C(=O)NCCCn1cccn1)CCN(Cc1cc3ccccc3o1)CC2. The third kappa shape index (κ3) is 5.00. The van der Waals surface area contributed by atoms with Gasteiger partial charge in [0.05, 0.1) is 13.7 Å². The van der Waals surface area contributed by atoms with Gasteiger partial charge in [0.1, 0.15) is 22.7 Å². The number of hydrogen-bond donors (Lipinski definition) is 1. The molecule has 0 bridgehead atoms. The third-order valence-electron chi connectivity index (χ3n) is 6.40. The second kappa shape index (κ2) is 10.2. The summed E-state index contributed by atoms with van der Waals surface area (Å²) >= 11 is 0. The van der Waals surface area contributed by atoms with Gasteiger partial charge in [-0.1, -0.05) is 18.2 Å². The zero-order valence-corrected chi connectivity index (χ0v) is 19.8. The predicted octanol–water partition coefficient (Wildman–Crippen LogP) is 2.68. The number of hydrogen-bond acceptors (Lipinski definition) is 6. The van der Waals surface area contributed by atoms with Crippen LogP contribution in [0.1, 0.15) is 28.2 Å². The Hall–Kier alpha value is -3.85. The monoisotopic (exact) mass is 475 g/mol. The van der Waals surface area contributed by atoms with Crippen molar-refractivity contribution in [2.75, 3.05) is 26.7 Å². The van der Waals surface area contributed by atoms with Crippen LogP contribution in [0, 0.1) is 0 Å². The molecule has 1 aliphatic rings. The van der Waals surface area contributed by atoms with Gasteiger partial charge in [0, 0.05) is 68.7 Å². The molecule has 0 unspecified atom stereocenters. The number of benzene rings is 1. The van der Waals surface area contributed by atoms with E-state index in [9.17, 15) is 9.59 Å². The predicted molar refractivity (Wildman–Crippen MR) is 132 cm³/mol. The molecule has 35 heavy (non-hydrogen) atoms. The fourth-order valence-electron chi connectivity index (χ4n) is 4.66. The molecule has 0 radical (unpaired) electrons. The number of amides is 1. The number of carbonyl (C=O) groups excluding carboxylic acids is 1. The number of aromatic nitrogens is 3. The summed E-state index contributed by atoms with van der Waals surface area (Å²) in [5, 5.41) is 8.25. The molecule has 5 rings (SSSR count). The van der Waals surface area contributed by atoms with Crippen molar-refractivity contribution in [1.82, 2.24) is 24.6 Å². The van der Waals surface area contributed by atoms with Gasteiger partial charge in [0.15, 0.2) is 0 Å². The number of nitrogens with zero attached hydrogens (tertiary/aromatic N) is 4. The molecule has 4 heterocycles. The Morgan fingerprint density at radius 2 is 2.06 bits per heavy atom. The molecule has 1 amide bonds. The Kier molecular flexibility index (Phi) is 6.67. The molecule has 0 saturated heterocycles. The molecule has 0 atom stereocenters. The number of methoxy groups -OCH3 is 1. The molecular formula is C26H29N5O4. The second-order valence-corrected chi connectivity index (χ2v) is 8.68. The highest BCUT2D eigenvalue weighted by molar-refractivity contribution is 5.98. The molecule has 1 aliphatic heterocycles. The van der Waals surface area contributed by atoms with Crippen LogP contribution in [-0.2, 0) is 26.1 Å². The molecule has 3 aromatic heterocycles. The molecule has 4 aromatic rings. The van der Waals surface area contributed by atoms with Gasteiger partial charge in [-0.05, 0) is 24.6 Å². The number of aryl methyl sites for hydroxylation is 1. The molecule has 9 heteroatoms. The van der Waals surface area contributed by atoms with E-state index in [1.165, 1.54) is 13.2 Å². The van der Waals surface area contributed by atoms with Crippen molar-refractivity contribution in [3.63, 3.8) is 0 Å². The molecule has 1 N–H and O–H groups in total. The smallest absolute Gasteiger partial charge is 0.256 e. The van der Waals surface area contributed by atoms with E-state index in [1.807, 2.05) is 41.2 Å². The number of rotatable bonds is 8. The highest BCUT2D eigenvalue weighted by atomic mass is 16.5. The number of pyridine rings is 1. The molecule has 9 nitrogen and oxygen atoms in total. The summed E-state index contributed by atoms with van der Waals surface area (Å²) in [7, 11) is 1.49. The first kappa shape index (κ1) is 22.9. The van der Waals surface area contributed by atoms with Crippen LogP contribution in [-0.4, -0.2) is 51.9 Å². The Labute approximate surface area is 202 Å². The van der Waals surface area contributed by atoms with Crippen molar-refractivity contribution in [3.05, 3.63) is 82.2 Å². The minimum Gasteiger partial charge on any atom is -0.496 e. The Morgan fingerprint density at radius 3 is 2.86 bits per heavy atom. The van der Waals surface area contributed by atoms with Crippen molar-refractivity contribution in [2.24, 2.45) is 0 Å². The van der Waals surface area contributed by atoms with Crippen molar-refractivity contribution >= 4 is 16.9 Å². The Morgan fingerprint density at radius 1 is 1.17 bits per heavy atom. The second-order valence-electron chi connectivity index (χ2n) is 8.68. The third-order valence-corrected chi connectivity index (χ3v) is 6.40. The fourth-order valence-corrected chi connectivity index (χ4v) is 4.66. The molecule has 1 aromatic carbocycles. The van der Waals surface area contributed by atoms with Crippen LogP contribution >= 0.6 is 0 Å². The lowest BCUT2D eigenvalue weighted by atomic mass is 10.1. The largest absolute Gasteiger partial charge is 0.496 e. The van der Waals surface area contributed by atoms with Crippen LogP contribution in [0.4, 0.5) is 0 Å². The maximum Gasteiger partial charge on any atom is 0.256 e. The zero-order chi connectivity index (χ0) is 24.2. The van der Waals surface area contributed by atoms with Gasteiger partial charge in [-0.3, -0.25) is 19.2 Å². The molecule has 0 fully saturated rings. The fraction of sp³-hybridized carbons (Fsp3) is 0.346. The summed E-state index contributed by atoms with van der Waals surface area (Å²) in [5.41, 5.74) is 1.87. The van der Waals surface area contributed by atoms with Crippen LogP contribution in [0.5, 0.6) is 5.75 Å². The van der Waals surface area contributed by atoms with E-state index in [0.717, 1.165) is 23.2 Å². The summed E-state index contributed by atoms with van der Waals surface area (Å²) < 4.78 is 15.0. The first-order valence-corrected chi connectivity index (χ1v) is 11.9. The first-order chi connectivity index (χ1) is 17.1. The van der Waals surface area contributed by atoms with E-state index in [2.05, 4.69) is 21.4 Å².